The van der Waals surface area contributed by atoms with Crippen molar-refractivity contribution in [1.82, 2.24) is 19.7 Å². The topological polar surface area (TPSA) is 90.0 Å². The summed E-state index contributed by atoms with van der Waals surface area (Å²) in [7, 11) is 0. The Kier molecular flexibility index (Phi) is 3.36. The second kappa shape index (κ2) is 5.06. The SMILES string of the molecule is CC(C)c1nnc2n1CCN(c1ncc([N+](=O)[O-])s1)C2C. The van der Waals surface area contributed by atoms with Crippen molar-refractivity contribution in [2.75, 3.05) is 11.4 Å². The molecule has 0 radical (unpaired) electrons. The number of hydrogen-bond donors (Lipinski definition) is 0. The minimum absolute atomic E-state index is 0.00417. The molecule has 0 saturated heterocycles. The lowest BCUT2D eigenvalue weighted by molar-refractivity contribution is -0.380. The van der Waals surface area contributed by atoms with Crippen LogP contribution >= 0.6 is 11.3 Å². The van der Waals surface area contributed by atoms with Gasteiger partial charge in [0, 0.05) is 19.0 Å². The van der Waals surface area contributed by atoms with E-state index < -0.39 is 4.92 Å². The Morgan fingerprint density at radius 3 is 2.81 bits per heavy atom. The summed E-state index contributed by atoms with van der Waals surface area (Å²) in [5.74, 6) is 2.20. The minimum atomic E-state index is -0.408. The standard InChI is InChI=1S/C12H16N6O2S/c1-7(2)10-14-15-11-8(3)16(4-5-17(10)11)12-13-6-9(21-12)18(19)20/h6-8H,4-5H2,1-3H3. The van der Waals surface area contributed by atoms with Gasteiger partial charge in [-0.15, -0.1) is 10.2 Å². The van der Waals surface area contributed by atoms with Crippen LogP contribution < -0.4 is 4.90 Å². The zero-order valence-electron chi connectivity index (χ0n) is 12.1. The summed E-state index contributed by atoms with van der Waals surface area (Å²) < 4.78 is 2.15. The smallest absolute Gasteiger partial charge is 0.336 e. The van der Waals surface area contributed by atoms with Crippen molar-refractivity contribution < 1.29 is 4.92 Å². The molecule has 3 heterocycles. The van der Waals surface area contributed by atoms with Gasteiger partial charge >= 0.3 is 5.00 Å². The van der Waals surface area contributed by atoms with Gasteiger partial charge in [0.1, 0.15) is 12.0 Å². The van der Waals surface area contributed by atoms with E-state index in [1.54, 1.807) is 0 Å². The second-order valence-electron chi connectivity index (χ2n) is 5.33. The molecule has 0 aliphatic carbocycles. The van der Waals surface area contributed by atoms with Gasteiger partial charge in [-0.2, -0.15) is 0 Å². The maximum Gasteiger partial charge on any atom is 0.345 e. The molecule has 0 bridgehead atoms. The van der Waals surface area contributed by atoms with Crippen LogP contribution in [-0.4, -0.2) is 31.2 Å². The highest BCUT2D eigenvalue weighted by atomic mass is 32.1. The summed E-state index contributed by atoms with van der Waals surface area (Å²) in [5, 5.41) is 20.1. The lowest BCUT2D eigenvalue weighted by Gasteiger charge is -2.33. The van der Waals surface area contributed by atoms with Gasteiger partial charge in [-0.1, -0.05) is 13.8 Å². The van der Waals surface area contributed by atoms with E-state index in [0.29, 0.717) is 11.0 Å². The third-order valence-corrected chi connectivity index (χ3v) is 4.62. The van der Waals surface area contributed by atoms with Crippen molar-refractivity contribution in [3.05, 3.63) is 28.0 Å². The van der Waals surface area contributed by atoms with Crippen LogP contribution in [0.5, 0.6) is 0 Å². The first-order chi connectivity index (χ1) is 9.99. The maximum atomic E-state index is 10.8. The van der Waals surface area contributed by atoms with Crippen molar-refractivity contribution >= 4 is 21.5 Å². The molecule has 21 heavy (non-hydrogen) atoms. The molecule has 3 rings (SSSR count). The fourth-order valence-corrected chi connectivity index (χ4v) is 3.41. The lowest BCUT2D eigenvalue weighted by Crippen LogP contribution is -2.37. The maximum absolute atomic E-state index is 10.8. The fraction of sp³-hybridized carbons (Fsp3) is 0.583. The average Bonchev–Trinajstić information content (AvgIpc) is 3.05. The van der Waals surface area contributed by atoms with Crippen LogP contribution in [0.2, 0.25) is 0 Å². The van der Waals surface area contributed by atoms with E-state index in [1.807, 2.05) is 11.8 Å². The third-order valence-electron chi connectivity index (χ3n) is 3.64. The predicted molar refractivity (Wildman–Crippen MR) is 78.6 cm³/mol. The molecule has 1 atom stereocenters. The first-order valence-electron chi connectivity index (χ1n) is 6.79. The Balaban J connectivity index is 1.91. The highest BCUT2D eigenvalue weighted by Crippen LogP contribution is 2.35. The molecule has 1 aliphatic heterocycles. The molecule has 0 spiro atoms. The quantitative estimate of drug-likeness (QED) is 0.638. The largest absolute Gasteiger partial charge is 0.345 e. The number of nitrogens with zero attached hydrogens (tertiary/aromatic N) is 6. The first-order valence-corrected chi connectivity index (χ1v) is 7.60. The van der Waals surface area contributed by atoms with Gasteiger partial charge in [-0.05, 0) is 18.3 Å². The van der Waals surface area contributed by atoms with Crippen molar-refractivity contribution in [2.45, 2.75) is 39.3 Å². The monoisotopic (exact) mass is 308 g/mol. The highest BCUT2D eigenvalue weighted by Gasteiger charge is 2.31. The molecule has 1 aliphatic rings. The van der Waals surface area contributed by atoms with Crippen LogP contribution in [0.15, 0.2) is 6.20 Å². The fourth-order valence-electron chi connectivity index (χ4n) is 2.57. The van der Waals surface area contributed by atoms with E-state index in [9.17, 15) is 10.1 Å². The van der Waals surface area contributed by atoms with Gasteiger partial charge in [-0.25, -0.2) is 4.98 Å². The molecule has 0 aromatic carbocycles. The van der Waals surface area contributed by atoms with E-state index in [4.69, 9.17) is 0 Å². The molecule has 2 aromatic rings. The summed E-state index contributed by atoms with van der Waals surface area (Å²) in [5.41, 5.74) is 0. The zero-order chi connectivity index (χ0) is 15.1. The molecule has 9 heteroatoms. The number of nitro groups is 1. The van der Waals surface area contributed by atoms with E-state index in [2.05, 4.69) is 33.6 Å². The normalized spacial score (nSPS) is 18.1. The van der Waals surface area contributed by atoms with Gasteiger partial charge in [-0.3, -0.25) is 10.1 Å². The van der Waals surface area contributed by atoms with Crippen LogP contribution in [0.25, 0.3) is 0 Å². The molecule has 1 unspecified atom stereocenters. The Labute approximate surface area is 125 Å². The van der Waals surface area contributed by atoms with Crippen LogP contribution in [0.3, 0.4) is 0 Å². The van der Waals surface area contributed by atoms with Crippen LogP contribution in [-0.2, 0) is 6.54 Å². The minimum Gasteiger partial charge on any atom is -0.336 e. The molecule has 112 valence electrons. The third kappa shape index (κ3) is 2.27. The van der Waals surface area contributed by atoms with Gasteiger partial charge in [0.05, 0.1) is 11.0 Å². The number of hydrogen-bond acceptors (Lipinski definition) is 7. The van der Waals surface area contributed by atoms with Crippen molar-refractivity contribution in [3.63, 3.8) is 0 Å². The Morgan fingerprint density at radius 1 is 1.43 bits per heavy atom. The average molecular weight is 308 g/mol. The molecule has 0 saturated carbocycles. The van der Waals surface area contributed by atoms with E-state index >= 15 is 0 Å². The molecule has 2 aromatic heterocycles. The van der Waals surface area contributed by atoms with Gasteiger partial charge < -0.3 is 9.47 Å². The van der Waals surface area contributed by atoms with E-state index in [0.717, 1.165) is 36.1 Å². The van der Waals surface area contributed by atoms with Gasteiger partial charge in [0.2, 0.25) is 0 Å². The zero-order valence-corrected chi connectivity index (χ0v) is 12.9. The molecular formula is C12H16N6O2S. The Bertz CT molecular complexity index is 679. The second-order valence-corrected chi connectivity index (χ2v) is 6.32. The number of rotatable bonds is 3. The summed E-state index contributed by atoms with van der Waals surface area (Å²) >= 11 is 1.10. The Morgan fingerprint density at radius 2 is 2.19 bits per heavy atom. The van der Waals surface area contributed by atoms with Crippen LogP contribution in [0.1, 0.15) is 44.4 Å². The molecule has 0 amide bonds. The van der Waals surface area contributed by atoms with Crippen molar-refractivity contribution in [3.8, 4) is 0 Å². The highest BCUT2D eigenvalue weighted by molar-refractivity contribution is 7.18. The van der Waals surface area contributed by atoms with Crippen molar-refractivity contribution in [1.29, 1.82) is 0 Å². The van der Waals surface area contributed by atoms with Gasteiger partial charge in [0.25, 0.3) is 0 Å². The van der Waals surface area contributed by atoms with Crippen LogP contribution in [0, 0.1) is 10.1 Å². The Hall–Kier alpha value is -2.03. The molecule has 8 nitrogen and oxygen atoms in total. The summed E-state index contributed by atoms with van der Waals surface area (Å²) in [6.45, 7) is 7.73. The van der Waals surface area contributed by atoms with Crippen LogP contribution in [0.4, 0.5) is 10.1 Å². The number of thiazole rings is 1. The van der Waals surface area contributed by atoms with E-state index in [1.165, 1.54) is 6.20 Å². The number of fused-ring (bicyclic) bond motifs is 1. The number of aromatic nitrogens is 4. The summed E-state index contributed by atoms with van der Waals surface area (Å²) in [6.07, 6.45) is 1.31. The van der Waals surface area contributed by atoms with Gasteiger partial charge in [0.15, 0.2) is 11.0 Å². The predicted octanol–water partition coefficient (Wildman–Crippen LogP) is 2.35. The van der Waals surface area contributed by atoms with E-state index in [-0.39, 0.29) is 11.0 Å². The summed E-state index contributed by atoms with van der Waals surface area (Å²) in [4.78, 5) is 16.6. The van der Waals surface area contributed by atoms with Crippen molar-refractivity contribution in [2.24, 2.45) is 0 Å². The lowest BCUT2D eigenvalue weighted by atomic mass is 10.1. The number of anilines is 1. The molecule has 0 fully saturated rings. The molecule has 0 N–H and O–H groups in total. The summed E-state index contributed by atoms with van der Waals surface area (Å²) in [6, 6.07) is 0.00417. The molecular weight excluding hydrogens is 292 g/mol. The first kappa shape index (κ1) is 13.9.